The summed E-state index contributed by atoms with van der Waals surface area (Å²) < 4.78 is 0. The maximum Gasteiger partial charge on any atom is 0.0675 e. The zero-order valence-corrected chi connectivity index (χ0v) is 7.85. The quantitative estimate of drug-likeness (QED) is 0.637. The van der Waals surface area contributed by atoms with Crippen molar-refractivity contribution < 1.29 is 10.2 Å². The van der Waals surface area contributed by atoms with Crippen LogP contribution in [0.15, 0.2) is 0 Å². The zero-order valence-electron chi connectivity index (χ0n) is 6.34. The third-order valence-corrected chi connectivity index (χ3v) is 2.14. The summed E-state index contributed by atoms with van der Waals surface area (Å²) in [5, 5.41) is 18.0. The van der Waals surface area contributed by atoms with Gasteiger partial charge in [-0.3, -0.25) is 0 Å². The van der Waals surface area contributed by atoms with E-state index in [0.29, 0.717) is 12.8 Å². The molecule has 0 aromatic carbocycles. The number of hydrogen-bond acceptors (Lipinski definition) is 2. The Labute approximate surface area is 77.1 Å². The molecule has 0 spiro atoms. The Balaban J connectivity index is 3.13. The number of rotatable bonds is 6. The van der Waals surface area contributed by atoms with Crippen LogP contribution >= 0.6 is 23.2 Å². The van der Waals surface area contributed by atoms with Gasteiger partial charge in [-0.1, -0.05) is 0 Å². The van der Waals surface area contributed by atoms with E-state index in [-0.39, 0.29) is 11.8 Å². The zero-order chi connectivity index (χ0) is 8.69. The number of aliphatic hydroxyl groups excluding tert-OH is 2. The van der Waals surface area contributed by atoms with Gasteiger partial charge in [0.25, 0.3) is 0 Å². The normalized spacial score (nSPS) is 16.4. The Morgan fingerprint density at radius 1 is 0.909 bits per heavy atom. The predicted molar refractivity (Wildman–Crippen MR) is 47.3 cm³/mol. The summed E-state index contributed by atoms with van der Waals surface area (Å²) in [7, 11) is 0. The molecule has 0 fully saturated rings. The molecule has 0 aromatic heterocycles. The summed E-state index contributed by atoms with van der Waals surface area (Å²) in [6, 6.07) is 0. The molecule has 0 saturated carbocycles. The molecule has 0 amide bonds. The number of hydrogen-bond donors (Lipinski definition) is 2. The smallest absolute Gasteiger partial charge is 0.0675 e. The fourth-order valence-electron chi connectivity index (χ4n) is 0.743. The monoisotopic (exact) mass is 200 g/mol. The highest BCUT2D eigenvalue weighted by atomic mass is 35.5. The predicted octanol–water partition coefficient (Wildman–Crippen LogP) is 1.36. The van der Waals surface area contributed by atoms with Crippen molar-refractivity contribution in [2.45, 2.75) is 31.5 Å². The van der Waals surface area contributed by atoms with Crippen LogP contribution in [0.4, 0.5) is 0 Å². The second kappa shape index (κ2) is 7.17. The molecule has 0 aliphatic heterocycles. The van der Waals surface area contributed by atoms with E-state index in [2.05, 4.69) is 0 Å². The topological polar surface area (TPSA) is 40.5 Å². The van der Waals surface area contributed by atoms with Gasteiger partial charge in [-0.25, -0.2) is 0 Å². The third-order valence-electron chi connectivity index (χ3n) is 1.43. The van der Waals surface area contributed by atoms with Crippen molar-refractivity contribution in [2.75, 3.05) is 11.8 Å². The highest BCUT2D eigenvalue weighted by Gasteiger charge is 2.04. The van der Waals surface area contributed by atoms with E-state index in [0.717, 1.165) is 6.42 Å². The maximum atomic E-state index is 9.00. The first kappa shape index (κ1) is 11.5. The van der Waals surface area contributed by atoms with Crippen molar-refractivity contribution in [1.29, 1.82) is 0 Å². The SMILES string of the molecule is OC(CCl)CCCC(O)CCl. The summed E-state index contributed by atoms with van der Waals surface area (Å²) in [6.45, 7) is 0. The summed E-state index contributed by atoms with van der Waals surface area (Å²) in [4.78, 5) is 0. The van der Waals surface area contributed by atoms with Crippen LogP contribution in [-0.2, 0) is 0 Å². The van der Waals surface area contributed by atoms with Crippen molar-refractivity contribution in [3.8, 4) is 0 Å². The van der Waals surface area contributed by atoms with Crippen LogP contribution in [0.5, 0.6) is 0 Å². The second-order valence-electron chi connectivity index (χ2n) is 2.55. The number of halogens is 2. The second-order valence-corrected chi connectivity index (χ2v) is 3.16. The molecule has 0 saturated heterocycles. The minimum Gasteiger partial charge on any atom is -0.392 e. The highest BCUT2D eigenvalue weighted by molar-refractivity contribution is 6.18. The van der Waals surface area contributed by atoms with Gasteiger partial charge >= 0.3 is 0 Å². The molecule has 0 radical (unpaired) electrons. The van der Waals surface area contributed by atoms with E-state index < -0.39 is 12.2 Å². The molecule has 4 heteroatoms. The Kier molecular flexibility index (Phi) is 7.49. The van der Waals surface area contributed by atoms with E-state index in [1.807, 2.05) is 0 Å². The van der Waals surface area contributed by atoms with Gasteiger partial charge in [0, 0.05) is 11.8 Å². The lowest BCUT2D eigenvalue weighted by molar-refractivity contribution is 0.156. The molecule has 11 heavy (non-hydrogen) atoms. The van der Waals surface area contributed by atoms with Crippen LogP contribution in [0, 0.1) is 0 Å². The van der Waals surface area contributed by atoms with E-state index in [9.17, 15) is 0 Å². The van der Waals surface area contributed by atoms with Crippen LogP contribution in [-0.4, -0.2) is 34.2 Å². The van der Waals surface area contributed by atoms with Gasteiger partial charge in [-0.05, 0) is 19.3 Å². The average molecular weight is 201 g/mol. The van der Waals surface area contributed by atoms with Crippen molar-refractivity contribution in [2.24, 2.45) is 0 Å². The molecular formula is C7H14Cl2O2. The fraction of sp³-hybridized carbons (Fsp3) is 1.00. The van der Waals surface area contributed by atoms with E-state index in [1.165, 1.54) is 0 Å². The number of aliphatic hydroxyl groups is 2. The van der Waals surface area contributed by atoms with Crippen molar-refractivity contribution in [3.63, 3.8) is 0 Å². The first-order valence-corrected chi connectivity index (χ1v) is 4.75. The highest BCUT2D eigenvalue weighted by Crippen LogP contribution is 2.06. The molecule has 0 heterocycles. The Morgan fingerprint density at radius 2 is 1.27 bits per heavy atom. The largest absolute Gasteiger partial charge is 0.392 e. The lowest BCUT2D eigenvalue weighted by Gasteiger charge is -2.08. The Morgan fingerprint density at radius 3 is 1.55 bits per heavy atom. The van der Waals surface area contributed by atoms with Gasteiger partial charge < -0.3 is 10.2 Å². The van der Waals surface area contributed by atoms with Crippen LogP contribution in [0.2, 0.25) is 0 Å². The first-order chi connectivity index (χ1) is 5.20. The minimum absolute atomic E-state index is 0.261. The maximum absolute atomic E-state index is 9.00. The van der Waals surface area contributed by atoms with Crippen LogP contribution < -0.4 is 0 Å². The van der Waals surface area contributed by atoms with Crippen LogP contribution in [0.25, 0.3) is 0 Å². The molecule has 0 aliphatic carbocycles. The standard InChI is InChI=1S/C7H14Cl2O2/c8-4-6(10)2-1-3-7(11)5-9/h6-7,10-11H,1-5H2. The lowest BCUT2D eigenvalue weighted by atomic mass is 10.1. The molecule has 0 aromatic rings. The van der Waals surface area contributed by atoms with Crippen LogP contribution in [0.3, 0.4) is 0 Å². The van der Waals surface area contributed by atoms with Crippen molar-refractivity contribution in [1.82, 2.24) is 0 Å². The molecule has 0 aliphatic rings. The van der Waals surface area contributed by atoms with E-state index in [1.54, 1.807) is 0 Å². The first-order valence-electron chi connectivity index (χ1n) is 3.68. The molecule has 2 nitrogen and oxygen atoms in total. The average Bonchev–Trinajstić information content (AvgIpc) is 2.04. The molecule has 0 bridgehead atoms. The molecule has 2 unspecified atom stereocenters. The third kappa shape index (κ3) is 6.88. The molecule has 68 valence electrons. The van der Waals surface area contributed by atoms with Gasteiger partial charge in [-0.2, -0.15) is 0 Å². The summed E-state index contributed by atoms with van der Waals surface area (Å²) in [6.07, 6.45) is 1.15. The summed E-state index contributed by atoms with van der Waals surface area (Å²) >= 11 is 10.7. The molecule has 0 rings (SSSR count). The van der Waals surface area contributed by atoms with Gasteiger partial charge in [-0.15, -0.1) is 23.2 Å². The van der Waals surface area contributed by atoms with Gasteiger partial charge in [0.05, 0.1) is 12.2 Å². The summed E-state index contributed by atoms with van der Waals surface area (Å²) in [5.41, 5.74) is 0. The van der Waals surface area contributed by atoms with Gasteiger partial charge in [0.1, 0.15) is 0 Å². The minimum atomic E-state index is -0.445. The van der Waals surface area contributed by atoms with Crippen molar-refractivity contribution in [3.05, 3.63) is 0 Å². The van der Waals surface area contributed by atoms with E-state index in [4.69, 9.17) is 33.4 Å². The summed E-state index contributed by atoms with van der Waals surface area (Å²) in [5.74, 6) is 0.522. The fourth-order valence-corrected chi connectivity index (χ4v) is 1.05. The molecule has 2 atom stereocenters. The van der Waals surface area contributed by atoms with Crippen molar-refractivity contribution >= 4 is 23.2 Å². The van der Waals surface area contributed by atoms with E-state index >= 15 is 0 Å². The molecule has 2 N–H and O–H groups in total. The van der Waals surface area contributed by atoms with Gasteiger partial charge in [0.2, 0.25) is 0 Å². The Bertz CT molecular complexity index is 80.5. The number of alkyl halides is 2. The lowest BCUT2D eigenvalue weighted by Crippen LogP contribution is -2.12. The van der Waals surface area contributed by atoms with Crippen LogP contribution in [0.1, 0.15) is 19.3 Å². The Hall–Kier alpha value is 0.500. The molecular weight excluding hydrogens is 187 g/mol. The van der Waals surface area contributed by atoms with Gasteiger partial charge in [0.15, 0.2) is 0 Å².